The molecular formula is C12H25N3O2. The molecule has 5 nitrogen and oxygen atoms in total. The largest absolute Gasteiger partial charge is 0.377 e. The second kappa shape index (κ2) is 5.63. The molecule has 4 N–H and O–H groups in total. The van der Waals surface area contributed by atoms with Crippen LogP contribution in [0.25, 0.3) is 0 Å². The summed E-state index contributed by atoms with van der Waals surface area (Å²) in [6.45, 7) is 0. The standard InChI is InChI=1S/C12H25N3O2/c1-15(2)9-5-3-8(4-6-9)7-10-11(16)14-12(17)13-10/h8-14,16-17H,3-7H2,1-2H3/t8?,9?,10-,11?,12?/m1/s1. The molecule has 1 heterocycles. The highest BCUT2D eigenvalue weighted by Crippen LogP contribution is 2.30. The van der Waals surface area contributed by atoms with E-state index in [9.17, 15) is 10.2 Å². The van der Waals surface area contributed by atoms with Crippen LogP contribution in [0.3, 0.4) is 0 Å². The number of aliphatic hydroxyl groups is 2. The van der Waals surface area contributed by atoms with Crippen molar-refractivity contribution in [3.05, 3.63) is 0 Å². The number of hydrogen-bond donors (Lipinski definition) is 4. The van der Waals surface area contributed by atoms with E-state index in [4.69, 9.17) is 0 Å². The van der Waals surface area contributed by atoms with Gasteiger partial charge in [0.05, 0.1) is 6.04 Å². The van der Waals surface area contributed by atoms with Gasteiger partial charge in [0.1, 0.15) is 6.23 Å². The summed E-state index contributed by atoms with van der Waals surface area (Å²) < 4.78 is 0. The van der Waals surface area contributed by atoms with Crippen molar-refractivity contribution in [1.82, 2.24) is 15.5 Å². The van der Waals surface area contributed by atoms with Crippen LogP contribution in [0.1, 0.15) is 32.1 Å². The van der Waals surface area contributed by atoms with Crippen molar-refractivity contribution < 1.29 is 10.2 Å². The monoisotopic (exact) mass is 243 g/mol. The fourth-order valence-corrected chi connectivity index (χ4v) is 3.07. The van der Waals surface area contributed by atoms with Gasteiger partial charge in [-0.1, -0.05) is 0 Å². The first-order chi connectivity index (χ1) is 8.06. The van der Waals surface area contributed by atoms with Crippen LogP contribution in [0.15, 0.2) is 0 Å². The van der Waals surface area contributed by atoms with Crippen LogP contribution in [0, 0.1) is 5.92 Å². The first-order valence-electron chi connectivity index (χ1n) is 6.61. The third-order valence-electron chi connectivity index (χ3n) is 4.22. The molecule has 2 unspecified atom stereocenters. The molecule has 0 aromatic heterocycles. The van der Waals surface area contributed by atoms with Crippen molar-refractivity contribution in [1.29, 1.82) is 0 Å². The molecule has 3 atom stereocenters. The molecule has 0 aromatic rings. The summed E-state index contributed by atoms with van der Waals surface area (Å²) >= 11 is 0. The van der Waals surface area contributed by atoms with Gasteiger partial charge in [0.15, 0.2) is 6.35 Å². The summed E-state index contributed by atoms with van der Waals surface area (Å²) in [5, 5.41) is 24.7. The van der Waals surface area contributed by atoms with E-state index in [1.54, 1.807) is 0 Å². The molecule has 1 saturated carbocycles. The van der Waals surface area contributed by atoms with Gasteiger partial charge in [0.2, 0.25) is 0 Å². The maximum Gasteiger partial charge on any atom is 0.162 e. The molecule has 0 amide bonds. The molecule has 0 bridgehead atoms. The average molecular weight is 243 g/mol. The summed E-state index contributed by atoms with van der Waals surface area (Å²) in [5.41, 5.74) is 0. The number of nitrogens with one attached hydrogen (secondary N) is 2. The molecule has 5 heteroatoms. The Balaban J connectivity index is 1.74. The summed E-state index contributed by atoms with van der Waals surface area (Å²) in [7, 11) is 4.29. The van der Waals surface area contributed by atoms with Gasteiger partial charge in [0.25, 0.3) is 0 Å². The Labute approximate surface area is 103 Å². The van der Waals surface area contributed by atoms with Crippen molar-refractivity contribution in [2.45, 2.75) is 56.8 Å². The Morgan fingerprint density at radius 2 is 1.71 bits per heavy atom. The molecule has 1 saturated heterocycles. The van der Waals surface area contributed by atoms with Gasteiger partial charge in [-0.25, -0.2) is 0 Å². The van der Waals surface area contributed by atoms with Crippen molar-refractivity contribution in [2.24, 2.45) is 5.92 Å². The smallest absolute Gasteiger partial charge is 0.162 e. The zero-order valence-electron chi connectivity index (χ0n) is 10.8. The summed E-state index contributed by atoms with van der Waals surface area (Å²) in [4.78, 5) is 2.31. The SMILES string of the molecule is CN(C)C1CCC(C[C@H]2NC(O)NC2O)CC1. The lowest BCUT2D eigenvalue weighted by Gasteiger charge is -2.33. The van der Waals surface area contributed by atoms with Crippen molar-refractivity contribution in [3.8, 4) is 0 Å². The van der Waals surface area contributed by atoms with Crippen LogP contribution < -0.4 is 10.6 Å². The van der Waals surface area contributed by atoms with Crippen LogP contribution in [-0.2, 0) is 0 Å². The van der Waals surface area contributed by atoms with E-state index in [0.29, 0.717) is 5.92 Å². The number of rotatable bonds is 3. The second-order valence-electron chi connectivity index (χ2n) is 5.66. The Morgan fingerprint density at radius 3 is 2.18 bits per heavy atom. The first-order valence-corrected chi connectivity index (χ1v) is 6.61. The van der Waals surface area contributed by atoms with Crippen LogP contribution >= 0.6 is 0 Å². The summed E-state index contributed by atoms with van der Waals surface area (Å²) in [6.07, 6.45) is 4.52. The van der Waals surface area contributed by atoms with Crippen molar-refractivity contribution in [2.75, 3.05) is 14.1 Å². The van der Waals surface area contributed by atoms with Gasteiger partial charge < -0.3 is 15.1 Å². The van der Waals surface area contributed by atoms with E-state index in [0.717, 1.165) is 12.5 Å². The van der Waals surface area contributed by atoms with E-state index in [1.165, 1.54) is 25.7 Å². The Morgan fingerprint density at radius 1 is 1.06 bits per heavy atom. The molecule has 2 rings (SSSR count). The fraction of sp³-hybridized carbons (Fsp3) is 1.00. The third kappa shape index (κ3) is 3.39. The first kappa shape index (κ1) is 13.2. The quantitative estimate of drug-likeness (QED) is 0.546. The molecule has 100 valence electrons. The molecule has 0 aromatic carbocycles. The third-order valence-corrected chi connectivity index (χ3v) is 4.22. The second-order valence-corrected chi connectivity index (χ2v) is 5.66. The Bertz CT molecular complexity index is 242. The number of nitrogens with zero attached hydrogens (tertiary/aromatic N) is 1. The van der Waals surface area contributed by atoms with E-state index in [-0.39, 0.29) is 6.04 Å². The predicted molar refractivity (Wildman–Crippen MR) is 66.1 cm³/mol. The average Bonchev–Trinajstić information content (AvgIpc) is 2.58. The minimum atomic E-state index is -0.756. The van der Waals surface area contributed by atoms with Crippen LogP contribution in [0.2, 0.25) is 0 Å². The molecule has 2 aliphatic rings. The molecule has 17 heavy (non-hydrogen) atoms. The zero-order valence-corrected chi connectivity index (χ0v) is 10.8. The summed E-state index contributed by atoms with van der Waals surface area (Å²) in [6, 6.07) is 0.710. The number of hydrogen-bond acceptors (Lipinski definition) is 5. The fourth-order valence-electron chi connectivity index (χ4n) is 3.07. The highest BCUT2D eigenvalue weighted by Gasteiger charge is 2.33. The van der Waals surface area contributed by atoms with Crippen LogP contribution in [-0.4, -0.2) is 53.9 Å². The molecular weight excluding hydrogens is 218 g/mol. The van der Waals surface area contributed by atoms with Crippen LogP contribution in [0.4, 0.5) is 0 Å². The van der Waals surface area contributed by atoms with E-state index in [1.807, 2.05) is 0 Å². The lowest BCUT2D eigenvalue weighted by atomic mass is 9.82. The summed E-state index contributed by atoms with van der Waals surface area (Å²) in [5.74, 6) is 0.672. The van der Waals surface area contributed by atoms with Crippen molar-refractivity contribution >= 4 is 0 Å². The maximum atomic E-state index is 9.69. The van der Waals surface area contributed by atoms with Crippen molar-refractivity contribution in [3.63, 3.8) is 0 Å². The minimum absolute atomic E-state index is 0.00842. The molecule has 0 radical (unpaired) electrons. The van der Waals surface area contributed by atoms with Gasteiger partial charge >= 0.3 is 0 Å². The lowest BCUT2D eigenvalue weighted by Crippen LogP contribution is -2.38. The Kier molecular flexibility index (Phi) is 4.38. The molecule has 2 fully saturated rings. The maximum absolute atomic E-state index is 9.69. The van der Waals surface area contributed by atoms with Gasteiger partial charge in [0, 0.05) is 6.04 Å². The zero-order chi connectivity index (χ0) is 12.4. The van der Waals surface area contributed by atoms with Gasteiger partial charge in [-0.2, -0.15) is 0 Å². The highest BCUT2D eigenvalue weighted by molar-refractivity contribution is 4.86. The van der Waals surface area contributed by atoms with Gasteiger partial charge in [-0.05, 0) is 52.1 Å². The van der Waals surface area contributed by atoms with Gasteiger partial charge in [-0.15, -0.1) is 0 Å². The van der Waals surface area contributed by atoms with E-state index in [2.05, 4.69) is 29.6 Å². The predicted octanol–water partition coefficient (Wildman–Crippen LogP) is -0.347. The topological polar surface area (TPSA) is 67.8 Å². The lowest BCUT2D eigenvalue weighted by molar-refractivity contribution is 0.0873. The Hall–Kier alpha value is -0.200. The van der Waals surface area contributed by atoms with E-state index >= 15 is 0 Å². The normalized spacial score (nSPS) is 43.2. The van der Waals surface area contributed by atoms with E-state index < -0.39 is 12.6 Å². The highest BCUT2D eigenvalue weighted by atomic mass is 16.3. The van der Waals surface area contributed by atoms with Crippen LogP contribution in [0.5, 0.6) is 0 Å². The molecule has 0 spiro atoms. The minimum Gasteiger partial charge on any atom is -0.377 e. The number of aliphatic hydroxyl groups excluding tert-OH is 2. The molecule has 1 aliphatic heterocycles. The van der Waals surface area contributed by atoms with Gasteiger partial charge in [-0.3, -0.25) is 10.6 Å². The molecule has 1 aliphatic carbocycles.